The van der Waals surface area contributed by atoms with Gasteiger partial charge in [-0.1, -0.05) is 36.4 Å². The van der Waals surface area contributed by atoms with Crippen LogP contribution in [0.1, 0.15) is 21.6 Å². The Labute approximate surface area is 198 Å². The summed E-state index contributed by atoms with van der Waals surface area (Å²) in [5.74, 6) is 1.40. The summed E-state index contributed by atoms with van der Waals surface area (Å²) in [5, 5.41) is 3.82. The highest BCUT2D eigenvalue weighted by Gasteiger charge is 2.22. The average Bonchev–Trinajstić information content (AvgIpc) is 3.49. The number of carbonyl (C=O) groups excluding carboxylic acids is 1. The van der Waals surface area contributed by atoms with Crippen molar-refractivity contribution in [3.8, 4) is 17.2 Å². The molecule has 0 bridgehead atoms. The summed E-state index contributed by atoms with van der Waals surface area (Å²) in [5.41, 5.74) is 5.51. The third-order valence-electron chi connectivity index (χ3n) is 6.29. The molecule has 0 atom stereocenters. The largest absolute Gasteiger partial charge is 0.496 e. The number of para-hydroxylation sites is 2. The molecule has 0 unspecified atom stereocenters. The van der Waals surface area contributed by atoms with Crippen molar-refractivity contribution in [2.24, 2.45) is 0 Å². The van der Waals surface area contributed by atoms with Gasteiger partial charge in [0.2, 0.25) is 0 Å². The number of anilines is 2. The maximum Gasteiger partial charge on any atom is 0.272 e. The van der Waals surface area contributed by atoms with Crippen molar-refractivity contribution >= 4 is 28.2 Å². The zero-order valence-electron chi connectivity index (χ0n) is 19.5. The molecule has 1 amide bonds. The molecule has 4 aromatic rings. The first kappa shape index (κ1) is 21.7. The summed E-state index contributed by atoms with van der Waals surface area (Å²) in [6.07, 6.45) is 1.03. The predicted molar refractivity (Wildman–Crippen MR) is 134 cm³/mol. The number of benzene rings is 3. The van der Waals surface area contributed by atoms with E-state index in [0.29, 0.717) is 28.5 Å². The Bertz CT molecular complexity index is 1360. The molecule has 0 saturated carbocycles. The Hall–Kier alpha value is -4.13. The van der Waals surface area contributed by atoms with Crippen molar-refractivity contribution in [3.63, 3.8) is 0 Å². The van der Waals surface area contributed by atoms with Crippen LogP contribution in [0.4, 0.5) is 11.4 Å². The first-order chi connectivity index (χ1) is 16.6. The number of aromatic nitrogens is 1. The van der Waals surface area contributed by atoms with Gasteiger partial charge in [0.1, 0.15) is 11.4 Å². The molecule has 34 heavy (non-hydrogen) atoms. The van der Waals surface area contributed by atoms with Gasteiger partial charge < -0.3 is 29.4 Å². The molecule has 0 aliphatic carbocycles. The monoisotopic (exact) mass is 457 g/mol. The summed E-state index contributed by atoms with van der Waals surface area (Å²) in [4.78, 5) is 18.8. The number of amides is 1. The van der Waals surface area contributed by atoms with Crippen LogP contribution in [0.25, 0.3) is 10.9 Å². The predicted octanol–water partition coefficient (Wildman–Crippen LogP) is 5.01. The lowest BCUT2D eigenvalue weighted by atomic mass is 10.1. The van der Waals surface area contributed by atoms with Crippen LogP contribution in [0.2, 0.25) is 0 Å². The van der Waals surface area contributed by atoms with Gasteiger partial charge in [-0.15, -0.1) is 0 Å². The molecule has 2 heterocycles. The molecule has 174 valence electrons. The molecule has 1 aliphatic rings. The minimum atomic E-state index is -0.242. The van der Waals surface area contributed by atoms with Crippen molar-refractivity contribution in [1.29, 1.82) is 0 Å². The zero-order valence-corrected chi connectivity index (χ0v) is 19.5. The van der Waals surface area contributed by atoms with Crippen molar-refractivity contribution in [3.05, 3.63) is 77.5 Å². The Morgan fingerprint density at radius 3 is 2.53 bits per heavy atom. The Morgan fingerprint density at radius 2 is 1.74 bits per heavy atom. The number of methoxy groups -OCH3 is 3. The van der Waals surface area contributed by atoms with Gasteiger partial charge in [0.15, 0.2) is 11.5 Å². The summed E-state index contributed by atoms with van der Waals surface area (Å²) in [6, 6.07) is 19.9. The number of H-pyrrole nitrogens is 1. The molecule has 5 rings (SSSR count). The van der Waals surface area contributed by atoms with Crippen molar-refractivity contribution in [2.75, 3.05) is 38.1 Å². The molecule has 1 aliphatic heterocycles. The average molecular weight is 458 g/mol. The summed E-state index contributed by atoms with van der Waals surface area (Å²) < 4.78 is 16.5. The smallest absolute Gasteiger partial charge is 0.272 e. The second-order valence-electron chi connectivity index (χ2n) is 8.20. The number of hydrogen-bond donors (Lipinski definition) is 2. The van der Waals surface area contributed by atoms with E-state index in [1.54, 1.807) is 33.5 Å². The molecule has 0 saturated heterocycles. The topological polar surface area (TPSA) is 75.8 Å². The summed E-state index contributed by atoms with van der Waals surface area (Å²) in [7, 11) is 4.71. The molecule has 0 fully saturated rings. The van der Waals surface area contributed by atoms with E-state index in [1.807, 2.05) is 18.2 Å². The highest BCUT2D eigenvalue weighted by molar-refractivity contribution is 6.08. The number of rotatable bonds is 7. The van der Waals surface area contributed by atoms with E-state index in [2.05, 4.69) is 45.5 Å². The van der Waals surface area contributed by atoms with Crippen LogP contribution in [0.5, 0.6) is 17.2 Å². The number of carbonyl (C=O) groups is 1. The van der Waals surface area contributed by atoms with E-state index in [4.69, 9.17) is 14.2 Å². The second-order valence-corrected chi connectivity index (χ2v) is 8.20. The third-order valence-corrected chi connectivity index (χ3v) is 6.29. The lowest BCUT2D eigenvalue weighted by Gasteiger charge is -2.21. The van der Waals surface area contributed by atoms with Crippen LogP contribution >= 0.6 is 0 Å². The van der Waals surface area contributed by atoms with Gasteiger partial charge in [-0.05, 0) is 35.7 Å². The number of nitrogens with zero attached hydrogens (tertiary/aromatic N) is 1. The Morgan fingerprint density at radius 1 is 0.971 bits per heavy atom. The standard InChI is InChI=1S/C27H27N3O4/c1-32-23-15-24(33-2)26(34-3)25-19(23)14-21(28-25)27(31)29-20-10-6-4-9-18(20)16-30-13-12-17-8-5-7-11-22(17)30/h4-11,14-15,28H,12-13,16H2,1-3H3,(H,29,31). The van der Waals surface area contributed by atoms with Crippen molar-refractivity contribution < 1.29 is 19.0 Å². The van der Waals surface area contributed by atoms with Crippen LogP contribution in [-0.4, -0.2) is 38.8 Å². The fraction of sp³-hybridized carbons (Fsp3) is 0.222. The van der Waals surface area contributed by atoms with Crippen LogP contribution < -0.4 is 24.4 Å². The van der Waals surface area contributed by atoms with Gasteiger partial charge in [-0.2, -0.15) is 0 Å². The number of ether oxygens (including phenoxy) is 3. The Kier molecular flexibility index (Phi) is 5.76. The minimum Gasteiger partial charge on any atom is -0.496 e. The molecule has 7 heteroatoms. The third kappa shape index (κ3) is 3.79. The fourth-order valence-corrected chi connectivity index (χ4v) is 4.61. The number of hydrogen-bond acceptors (Lipinski definition) is 5. The summed E-state index contributed by atoms with van der Waals surface area (Å²) in [6.45, 7) is 1.68. The first-order valence-electron chi connectivity index (χ1n) is 11.2. The minimum absolute atomic E-state index is 0.242. The summed E-state index contributed by atoms with van der Waals surface area (Å²) >= 11 is 0. The van der Waals surface area contributed by atoms with E-state index in [-0.39, 0.29) is 5.91 Å². The lowest BCUT2D eigenvalue weighted by molar-refractivity contribution is 0.102. The molecule has 0 radical (unpaired) electrons. The van der Waals surface area contributed by atoms with Gasteiger partial charge in [0.25, 0.3) is 5.91 Å². The SMILES string of the molecule is COc1cc(OC)c2cc(C(=O)Nc3ccccc3CN3CCc4ccccc43)[nH]c2c1OC. The van der Waals surface area contributed by atoms with Crippen LogP contribution in [0.3, 0.4) is 0 Å². The molecule has 2 N–H and O–H groups in total. The number of nitrogens with one attached hydrogen (secondary N) is 2. The fourth-order valence-electron chi connectivity index (χ4n) is 4.61. The van der Waals surface area contributed by atoms with E-state index in [1.165, 1.54) is 11.3 Å². The van der Waals surface area contributed by atoms with E-state index >= 15 is 0 Å². The van der Waals surface area contributed by atoms with E-state index < -0.39 is 0 Å². The van der Waals surface area contributed by atoms with Gasteiger partial charge in [-0.25, -0.2) is 0 Å². The van der Waals surface area contributed by atoms with Crippen molar-refractivity contribution in [1.82, 2.24) is 4.98 Å². The normalized spacial score (nSPS) is 12.5. The molecule has 3 aromatic carbocycles. The van der Waals surface area contributed by atoms with Crippen LogP contribution in [0.15, 0.2) is 60.7 Å². The Balaban J connectivity index is 1.43. The highest BCUT2D eigenvalue weighted by Crippen LogP contribution is 2.41. The van der Waals surface area contributed by atoms with Crippen molar-refractivity contribution in [2.45, 2.75) is 13.0 Å². The molecular formula is C27H27N3O4. The van der Waals surface area contributed by atoms with Gasteiger partial charge in [0.05, 0.1) is 26.8 Å². The first-order valence-corrected chi connectivity index (χ1v) is 11.2. The zero-order chi connectivity index (χ0) is 23.7. The number of aromatic amines is 1. The molecule has 1 aromatic heterocycles. The van der Waals surface area contributed by atoms with E-state index in [9.17, 15) is 4.79 Å². The van der Waals surface area contributed by atoms with Crippen LogP contribution in [-0.2, 0) is 13.0 Å². The molecule has 0 spiro atoms. The quantitative estimate of drug-likeness (QED) is 0.408. The highest BCUT2D eigenvalue weighted by atomic mass is 16.5. The maximum absolute atomic E-state index is 13.3. The van der Waals surface area contributed by atoms with E-state index in [0.717, 1.165) is 36.1 Å². The lowest BCUT2D eigenvalue weighted by Crippen LogP contribution is -2.21. The van der Waals surface area contributed by atoms with Gasteiger partial charge in [0, 0.05) is 35.9 Å². The second kappa shape index (κ2) is 9.02. The molecular weight excluding hydrogens is 430 g/mol. The van der Waals surface area contributed by atoms with Crippen LogP contribution in [0, 0.1) is 0 Å². The molecule has 7 nitrogen and oxygen atoms in total. The van der Waals surface area contributed by atoms with Gasteiger partial charge in [-0.3, -0.25) is 4.79 Å². The number of fused-ring (bicyclic) bond motifs is 2. The van der Waals surface area contributed by atoms with Gasteiger partial charge >= 0.3 is 0 Å². The maximum atomic E-state index is 13.3.